The summed E-state index contributed by atoms with van der Waals surface area (Å²) in [4.78, 5) is 23.9. The van der Waals surface area contributed by atoms with Crippen LogP contribution in [0.15, 0.2) is 24.4 Å². The summed E-state index contributed by atoms with van der Waals surface area (Å²) in [5.41, 5.74) is 2.75. The quantitative estimate of drug-likeness (QED) is 0.621. The highest BCUT2D eigenvalue weighted by atomic mass is 19.1. The Balaban J connectivity index is 1.71. The number of anilines is 2. The van der Waals surface area contributed by atoms with E-state index in [4.69, 9.17) is 0 Å². The molecule has 0 unspecified atom stereocenters. The molecule has 0 aliphatic carbocycles. The number of alkyl halides is 1. The summed E-state index contributed by atoms with van der Waals surface area (Å²) in [7, 11) is 0. The van der Waals surface area contributed by atoms with Gasteiger partial charge in [0.15, 0.2) is 0 Å². The van der Waals surface area contributed by atoms with E-state index >= 15 is 0 Å². The van der Waals surface area contributed by atoms with Crippen molar-refractivity contribution in [3.63, 3.8) is 0 Å². The number of rotatable bonds is 3. The number of hydrogen-bond donors (Lipinski definition) is 0. The van der Waals surface area contributed by atoms with Crippen LogP contribution in [0.25, 0.3) is 0 Å². The van der Waals surface area contributed by atoms with Gasteiger partial charge in [-0.25, -0.2) is 9.37 Å². The second-order valence-corrected chi connectivity index (χ2v) is 6.84. The van der Waals surface area contributed by atoms with Gasteiger partial charge in [0.05, 0.1) is 11.5 Å². The molecular weight excluding hydrogens is 337 g/mol. The van der Waals surface area contributed by atoms with Crippen molar-refractivity contribution in [2.45, 2.75) is 32.5 Å². The maximum atomic E-state index is 13.7. The molecule has 4 heterocycles. The largest absolute Gasteiger partial charge is 0.352 e. The lowest BCUT2D eigenvalue weighted by Gasteiger charge is -2.30. The van der Waals surface area contributed by atoms with Gasteiger partial charge in [-0.1, -0.05) is 6.07 Å². The number of pyridine rings is 2. The molecule has 0 bridgehead atoms. The standard InChI is InChI=1S/C18H20FN5O2/c1-12-9-16(22-8-5-15-13(10-22)3-2-6-20-15)21-18(17(12)24(25)26)23-7-4-14(19)11-23/h2-3,6,9,14H,4-5,7-8,10-11H2,1H3/t14-/m1/s1. The van der Waals surface area contributed by atoms with Crippen LogP contribution in [0.1, 0.15) is 23.2 Å². The van der Waals surface area contributed by atoms with Gasteiger partial charge in [-0.15, -0.1) is 0 Å². The molecule has 8 heteroatoms. The lowest BCUT2D eigenvalue weighted by molar-refractivity contribution is -0.384. The van der Waals surface area contributed by atoms with E-state index in [2.05, 4.69) is 14.9 Å². The minimum Gasteiger partial charge on any atom is -0.352 e. The Morgan fingerprint density at radius 3 is 2.92 bits per heavy atom. The number of fused-ring (bicyclic) bond motifs is 1. The summed E-state index contributed by atoms with van der Waals surface area (Å²) in [6.07, 6.45) is 2.01. The molecule has 2 aromatic heterocycles. The maximum Gasteiger partial charge on any atom is 0.314 e. The molecule has 0 aromatic carbocycles. The summed E-state index contributed by atoms with van der Waals surface area (Å²) < 4.78 is 13.7. The van der Waals surface area contributed by atoms with Gasteiger partial charge in [0.1, 0.15) is 12.0 Å². The van der Waals surface area contributed by atoms with E-state index < -0.39 is 11.1 Å². The monoisotopic (exact) mass is 357 g/mol. The van der Waals surface area contributed by atoms with Gasteiger partial charge in [-0.05, 0) is 31.0 Å². The highest BCUT2D eigenvalue weighted by Crippen LogP contribution is 2.36. The molecule has 0 saturated carbocycles. The maximum absolute atomic E-state index is 13.7. The van der Waals surface area contributed by atoms with E-state index in [9.17, 15) is 14.5 Å². The van der Waals surface area contributed by atoms with Gasteiger partial charge < -0.3 is 9.80 Å². The Morgan fingerprint density at radius 1 is 1.35 bits per heavy atom. The van der Waals surface area contributed by atoms with Crippen LogP contribution in [-0.2, 0) is 13.0 Å². The summed E-state index contributed by atoms with van der Waals surface area (Å²) in [6.45, 7) is 3.74. The zero-order valence-corrected chi connectivity index (χ0v) is 14.6. The fourth-order valence-corrected chi connectivity index (χ4v) is 3.71. The number of aryl methyl sites for hydroxylation is 1. The topological polar surface area (TPSA) is 75.4 Å². The lowest BCUT2D eigenvalue weighted by Crippen LogP contribution is -2.32. The average molecular weight is 357 g/mol. The molecule has 26 heavy (non-hydrogen) atoms. The van der Waals surface area contributed by atoms with Crippen LogP contribution in [0, 0.1) is 17.0 Å². The van der Waals surface area contributed by atoms with Crippen molar-refractivity contribution >= 4 is 17.3 Å². The van der Waals surface area contributed by atoms with Crippen molar-refractivity contribution in [2.75, 3.05) is 29.4 Å². The molecule has 0 amide bonds. The summed E-state index contributed by atoms with van der Waals surface area (Å²) in [5.74, 6) is 0.974. The van der Waals surface area contributed by atoms with E-state index in [1.807, 2.05) is 12.1 Å². The predicted octanol–water partition coefficient (Wildman–Crippen LogP) is 2.80. The summed E-state index contributed by atoms with van der Waals surface area (Å²) in [5, 5.41) is 11.6. The van der Waals surface area contributed by atoms with Crippen molar-refractivity contribution in [3.8, 4) is 0 Å². The van der Waals surface area contributed by atoms with E-state index in [0.717, 1.165) is 24.2 Å². The Kier molecular flexibility index (Phi) is 4.18. The van der Waals surface area contributed by atoms with E-state index in [-0.39, 0.29) is 18.1 Å². The van der Waals surface area contributed by atoms with Crippen molar-refractivity contribution in [1.82, 2.24) is 9.97 Å². The van der Waals surface area contributed by atoms with Gasteiger partial charge in [0, 0.05) is 43.5 Å². The van der Waals surface area contributed by atoms with Gasteiger partial charge in [0.2, 0.25) is 5.82 Å². The molecule has 0 N–H and O–H groups in total. The van der Waals surface area contributed by atoms with Gasteiger partial charge in [0.25, 0.3) is 0 Å². The smallest absolute Gasteiger partial charge is 0.314 e. The minimum absolute atomic E-state index is 0.0260. The lowest BCUT2D eigenvalue weighted by atomic mass is 10.1. The summed E-state index contributed by atoms with van der Waals surface area (Å²) in [6, 6.07) is 5.71. The molecule has 1 atom stereocenters. The first-order valence-corrected chi connectivity index (χ1v) is 8.75. The number of nitro groups is 1. The molecule has 1 fully saturated rings. The molecular formula is C18H20FN5O2. The number of aromatic nitrogens is 2. The van der Waals surface area contributed by atoms with Gasteiger partial charge in [-0.2, -0.15) is 0 Å². The zero-order valence-electron chi connectivity index (χ0n) is 14.6. The van der Waals surface area contributed by atoms with Crippen molar-refractivity contribution in [3.05, 3.63) is 51.3 Å². The molecule has 2 aliphatic heterocycles. The molecule has 0 spiro atoms. The van der Waals surface area contributed by atoms with Crippen molar-refractivity contribution < 1.29 is 9.31 Å². The molecule has 1 saturated heterocycles. The van der Waals surface area contributed by atoms with Gasteiger partial charge in [-0.3, -0.25) is 15.1 Å². The van der Waals surface area contributed by atoms with Crippen LogP contribution >= 0.6 is 0 Å². The number of halogens is 1. The van der Waals surface area contributed by atoms with Crippen molar-refractivity contribution in [2.24, 2.45) is 0 Å². The third-order valence-corrected chi connectivity index (χ3v) is 5.05. The van der Waals surface area contributed by atoms with E-state index in [0.29, 0.717) is 30.9 Å². The Labute approximate surface area is 150 Å². The Bertz CT molecular complexity index is 859. The van der Waals surface area contributed by atoms with E-state index in [1.165, 1.54) is 0 Å². The predicted molar refractivity (Wildman–Crippen MR) is 96.3 cm³/mol. The SMILES string of the molecule is Cc1cc(N2CCc3ncccc3C2)nc(N2CC[C@@H](F)C2)c1[N+](=O)[O-]. The first-order chi connectivity index (χ1) is 12.5. The van der Waals surface area contributed by atoms with Crippen molar-refractivity contribution in [1.29, 1.82) is 0 Å². The van der Waals surface area contributed by atoms with E-state index in [1.54, 1.807) is 24.1 Å². The fourth-order valence-electron chi connectivity index (χ4n) is 3.71. The second kappa shape index (κ2) is 6.51. The highest BCUT2D eigenvalue weighted by Gasteiger charge is 2.32. The average Bonchev–Trinajstić information content (AvgIpc) is 3.06. The normalized spacial score (nSPS) is 19.5. The van der Waals surface area contributed by atoms with Crippen LogP contribution in [0.5, 0.6) is 0 Å². The first-order valence-electron chi connectivity index (χ1n) is 8.75. The molecule has 4 rings (SSSR count). The molecule has 2 aromatic rings. The minimum atomic E-state index is -0.965. The third-order valence-electron chi connectivity index (χ3n) is 5.05. The summed E-state index contributed by atoms with van der Waals surface area (Å²) >= 11 is 0. The fraction of sp³-hybridized carbons (Fsp3) is 0.444. The number of nitrogens with zero attached hydrogens (tertiary/aromatic N) is 5. The highest BCUT2D eigenvalue weighted by molar-refractivity contribution is 5.67. The molecule has 0 radical (unpaired) electrons. The van der Waals surface area contributed by atoms with Crippen LogP contribution in [-0.4, -0.2) is 40.7 Å². The molecule has 2 aliphatic rings. The Morgan fingerprint density at radius 2 is 2.19 bits per heavy atom. The molecule has 7 nitrogen and oxygen atoms in total. The number of hydrogen-bond acceptors (Lipinski definition) is 6. The van der Waals surface area contributed by atoms with Crippen LogP contribution in [0.4, 0.5) is 21.7 Å². The van der Waals surface area contributed by atoms with Gasteiger partial charge >= 0.3 is 5.69 Å². The zero-order chi connectivity index (χ0) is 18.3. The molecule has 136 valence electrons. The second-order valence-electron chi connectivity index (χ2n) is 6.84. The van der Waals surface area contributed by atoms with Crippen LogP contribution in [0.3, 0.4) is 0 Å². The Hall–Kier alpha value is -2.77. The van der Waals surface area contributed by atoms with Crippen LogP contribution in [0.2, 0.25) is 0 Å². The first kappa shape index (κ1) is 16.7. The van der Waals surface area contributed by atoms with Crippen LogP contribution < -0.4 is 9.80 Å². The third kappa shape index (κ3) is 2.95.